The maximum Gasteiger partial charge on any atom is 0.150 e. The maximum atomic E-state index is 14.7. The van der Waals surface area contributed by atoms with Crippen molar-refractivity contribution in [1.29, 1.82) is 0 Å². The SMILES string of the molecule is C/C=C(/NCCc1cc(P2(CC)=CCN2)c(C)c(-c2ccc(F)cc2)n1)c1cc(F)c2ncccc2c1. The fourth-order valence-electron chi connectivity index (χ4n) is 4.98. The molecule has 2 aromatic carbocycles. The van der Waals surface area contributed by atoms with Crippen LogP contribution in [0.15, 0.2) is 66.9 Å². The Morgan fingerprint density at radius 3 is 2.59 bits per heavy atom. The van der Waals surface area contributed by atoms with Crippen LogP contribution in [0.25, 0.3) is 27.9 Å². The molecule has 0 amide bonds. The van der Waals surface area contributed by atoms with Crippen molar-refractivity contribution in [2.75, 3.05) is 19.3 Å². The Balaban J connectivity index is 1.43. The molecule has 190 valence electrons. The molecular formula is C30H31F2N4P. The molecule has 0 saturated carbocycles. The quantitative estimate of drug-likeness (QED) is 0.280. The predicted molar refractivity (Wildman–Crippen MR) is 153 cm³/mol. The van der Waals surface area contributed by atoms with Gasteiger partial charge in [0, 0.05) is 53.6 Å². The predicted octanol–water partition coefficient (Wildman–Crippen LogP) is 6.06. The number of fused-ring (bicyclic) bond motifs is 1. The molecule has 37 heavy (non-hydrogen) atoms. The van der Waals surface area contributed by atoms with E-state index < -0.39 is 7.04 Å². The van der Waals surface area contributed by atoms with Gasteiger partial charge in [-0.05, 0) is 86.4 Å². The second kappa shape index (κ2) is 10.6. The van der Waals surface area contributed by atoms with E-state index >= 15 is 0 Å². The molecule has 4 aromatic rings. The van der Waals surface area contributed by atoms with E-state index in [9.17, 15) is 8.78 Å². The summed E-state index contributed by atoms with van der Waals surface area (Å²) in [4.78, 5) is 9.17. The Hall–Kier alpha value is -3.34. The van der Waals surface area contributed by atoms with Crippen molar-refractivity contribution >= 4 is 34.7 Å². The zero-order chi connectivity index (χ0) is 26.0. The van der Waals surface area contributed by atoms with Crippen LogP contribution in [0.4, 0.5) is 8.78 Å². The highest BCUT2D eigenvalue weighted by molar-refractivity contribution is 7.81. The minimum absolute atomic E-state index is 0.256. The molecule has 1 aliphatic rings. The normalized spacial score (nSPS) is 17.4. The van der Waals surface area contributed by atoms with Gasteiger partial charge in [0.25, 0.3) is 0 Å². The Morgan fingerprint density at radius 2 is 1.92 bits per heavy atom. The zero-order valence-corrected chi connectivity index (χ0v) is 22.2. The largest absolute Gasteiger partial charge is 0.384 e. The molecule has 1 aliphatic heterocycles. The van der Waals surface area contributed by atoms with E-state index in [0.717, 1.165) is 51.9 Å². The average molecular weight is 517 g/mol. The molecule has 1 unspecified atom stereocenters. The van der Waals surface area contributed by atoms with Crippen molar-refractivity contribution in [2.24, 2.45) is 0 Å². The van der Waals surface area contributed by atoms with Crippen molar-refractivity contribution < 1.29 is 8.78 Å². The third-order valence-corrected chi connectivity index (χ3v) is 11.0. The summed E-state index contributed by atoms with van der Waals surface area (Å²) in [5.41, 5.74) is 5.97. The first kappa shape index (κ1) is 25.3. The van der Waals surface area contributed by atoms with E-state index in [2.05, 4.69) is 41.1 Å². The van der Waals surface area contributed by atoms with Crippen LogP contribution in [-0.4, -0.2) is 35.0 Å². The summed E-state index contributed by atoms with van der Waals surface area (Å²) in [6.07, 6.45) is 5.30. The summed E-state index contributed by atoms with van der Waals surface area (Å²) in [5, 5.41) is 9.28. The summed E-state index contributed by atoms with van der Waals surface area (Å²) in [5.74, 6) is 1.83. The Morgan fingerprint density at radius 1 is 1.14 bits per heavy atom. The molecule has 1 atom stereocenters. The highest BCUT2D eigenvalue weighted by atomic mass is 31.2. The molecule has 4 nitrogen and oxygen atoms in total. The Labute approximate surface area is 216 Å². The Bertz CT molecular complexity index is 1540. The van der Waals surface area contributed by atoms with E-state index in [0.29, 0.717) is 18.5 Å². The van der Waals surface area contributed by atoms with Gasteiger partial charge in [-0.2, -0.15) is 0 Å². The molecule has 0 bridgehead atoms. The van der Waals surface area contributed by atoms with Gasteiger partial charge >= 0.3 is 0 Å². The molecular weight excluding hydrogens is 485 g/mol. The number of pyridine rings is 2. The van der Waals surface area contributed by atoms with Crippen molar-refractivity contribution in [3.63, 3.8) is 0 Å². The highest BCUT2D eigenvalue weighted by Gasteiger charge is 2.27. The number of nitrogens with one attached hydrogen (secondary N) is 2. The summed E-state index contributed by atoms with van der Waals surface area (Å²) in [6, 6.07) is 16.0. The second-order valence-electron chi connectivity index (χ2n) is 9.26. The molecule has 0 radical (unpaired) electrons. The van der Waals surface area contributed by atoms with Gasteiger partial charge < -0.3 is 5.32 Å². The van der Waals surface area contributed by atoms with Gasteiger partial charge in [0.05, 0.1) is 5.69 Å². The molecule has 0 aliphatic carbocycles. The van der Waals surface area contributed by atoms with Crippen LogP contribution < -0.4 is 15.7 Å². The minimum atomic E-state index is -1.53. The summed E-state index contributed by atoms with van der Waals surface area (Å²) in [6.45, 7) is 7.85. The number of aromatic nitrogens is 2. The molecule has 3 heterocycles. The molecule has 0 spiro atoms. The van der Waals surface area contributed by atoms with Gasteiger partial charge in [-0.1, -0.05) is 24.9 Å². The lowest BCUT2D eigenvalue weighted by molar-refractivity contribution is 0.628. The van der Waals surface area contributed by atoms with Gasteiger partial charge in [0.15, 0.2) is 0 Å². The van der Waals surface area contributed by atoms with Gasteiger partial charge in [0.1, 0.15) is 17.2 Å². The van der Waals surface area contributed by atoms with Gasteiger partial charge in [-0.3, -0.25) is 15.1 Å². The van der Waals surface area contributed by atoms with Crippen LogP contribution >= 0.6 is 7.04 Å². The van der Waals surface area contributed by atoms with Gasteiger partial charge in [-0.25, -0.2) is 8.78 Å². The standard InChI is InChI=1S/C30H31F2N4P/c1-4-27(23-17-22-7-6-13-34-30(22)26(32)18-23)33-14-12-25-19-28(37(5-2)16-15-35-37)20(3)29(36-25)21-8-10-24(31)11-9-21/h4,6-11,13,16-19,33,35H,5,12,14-15H2,1-3H3/b27-4+. The maximum absolute atomic E-state index is 14.7. The average Bonchev–Trinajstić information content (AvgIpc) is 2.88. The third-order valence-electron chi connectivity index (χ3n) is 7.08. The topological polar surface area (TPSA) is 49.8 Å². The number of hydrogen-bond donors (Lipinski definition) is 2. The molecule has 0 fully saturated rings. The Kier molecular flexibility index (Phi) is 7.23. The first-order chi connectivity index (χ1) is 17.9. The van der Waals surface area contributed by atoms with Crippen LogP contribution in [0.3, 0.4) is 0 Å². The molecule has 5 rings (SSSR count). The van der Waals surface area contributed by atoms with Gasteiger partial charge in [0.2, 0.25) is 0 Å². The highest BCUT2D eigenvalue weighted by Crippen LogP contribution is 2.46. The van der Waals surface area contributed by atoms with Crippen LogP contribution in [0.1, 0.15) is 30.7 Å². The monoisotopic (exact) mass is 516 g/mol. The van der Waals surface area contributed by atoms with Crippen molar-refractivity contribution in [3.8, 4) is 11.3 Å². The molecule has 7 heteroatoms. The minimum Gasteiger partial charge on any atom is -0.384 e. The molecule has 2 N–H and O–H groups in total. The number of benzene rings is 2. The number of hydrogen-bond acceptors (Lipinski definition) is 4. The van der Waals surface area contributed by atoms with Crippen LogP contribution in [0, 0.1) is 18.6 Å². The number of allylic oxidation sites excluding steroid dienone is 1. The summed E-state index contributed by atoms with van der Waals surface area (Å²) >= 11 is 0. The van der Waals surface area contributed by atoms with Crippen molar-refractivity contribution in [2.45, 2.75) is 27.2 Å². The zero-order valence-electron chi connectivity index (χ0n) is 21.4. The van der Waals surface area contributed by atoms with E-state index in [1.165, 1.54) is 23.5 Å². The smallest absolute Gasteiger partial charge is 0.150 e. The van der Waals surface area contributed by atoms with Crippen molar-refractivity contribution in [1.82, 2.24) is 20.4 Å². The molecule has 2 aromatic heterocycles. The first-order valence-electron chi connectivity index (χ1n) is 12.6. The number of nitrogens with zero attached hydrogens (tertiary/aromatic N) is 2. The lowest BCUT2D eigenvalue weighted by Gasteiger charge is -2.35. The number of rotatable bonds is 8. The fourth-order valence-corrected chi connectivity index (χ4v) is 7.88. The van der Waals surface area contributed by atoms with E-state index in [1.807, 2.05) is 31.2 Å². The van der Waals surface area contributed by atoms with E-state index in [1.54, 1.807) is 18.3 Å². The summed E-state index contributed by atoms with van der Waals surface area (Å²) < 4.78 is 28.3. The lowest BCUT2D eigenvalue weighted by Crippen LogP contribution is -2.35. The fraction of sp³-hybridized carbons (Fsp3) is 0.233. The van der Waals surface area contributed by atoms with Crippen LogP contribution in [0.2, 0.25) is 0 Å². The third kappa shape index (κ3) is 4.96. The second-order valence-corrected chi connectivity index (χ2v) is 12.8. The van der Waals surface area contributed by atoms with E-state index in [4.69, 9.17) is 4.98 Å². The molecule has 0 saturated heterocycles. The van der Waals surface area contributed by atoms with E-state index in [-0.39, 0.29) is 11.6 Å². The summed E-state index contributed by atoms with van der Waals surface area (Å²) in [7, 11) is -1.53. The van der Waals surface area contributed by atoms with Crippen LogP contribution in [0.5, 0.6) is 0 Å². The number of halogens is 2. The van der Waals surface area contributed by atoms with Gasteiger partial charge in [-0.15, -0.1) is 0 Å². The van der Waals surface area contributed by atoms with Crippen LogP contribution in [-0.2, 0) is 6.42 Å². The lowest BCUT2D eigenvalue weighted by atomic mass is 10.1. The van der Waals surface area contributed by atoms with Crippen molar-refractivity contribution in [3.05, 3.63) is 95.3 Å². The first-order valence-corrected chi connectivity index (χ1v) is 14.7.